The van der Waals surface area contributed by atoms with E-state index in [2.05, 4.69) is 32.0 Å². The van der Waals surface area contributed by atoms with E-state index in [0.717, 1.165) is 17.9 Å². The summed E-state index contributed by atoms with van der Waals surface area (Å²) in [6, 6.07) is 15.3. The summed E-state index contributed by atoms with van der Waals surface area (Å²) >= 11 is 0. The van der Waals surface area contributed by atoms with Crippen LogP contribution in [0.25, 0.3) is 0 Å². The number of benzene rings is 2. The van der Waals surface area contributed by atoms with Gasteiger partial charge in [-0.3, -0.25) is 0 Å². The average molecular weight is 237 g/mol. The first kappa shape index (κ1) is 12.2. The lowest BCUT2D eigenvalue weighted by Crippen LogP contribution is -1.89. The Bertz CT molecular complexity index is 579. The number of hydrogen-bond acceptors (Lipinski definition) is 2. The first-order valence-corrected chi connectivity index (χ1v) is 6.00. The van der Waals surface area contributed by atoms with Gasteiger partial charge in [0.05, 0.1) is 11.6 Å². The number of rotatable bonds is 3. The largest absolute Gasteiger partial charge is 0.457 e. The van der Waals surface area contributed by atoms with E-state index >= 15 is 0 Å². The van der Waals surface area contributed by atoms with E-state index in [1.54, 1.807) is 12.1 Å². The van der Waals surface area contributed by atoms with Crippen LogP contribution in [0.4, 0.5) is 0 Å². The Labute approximate surface area is 107 Å². The van der Waals surface area contributed by atoms with Gasteiger partial charge in [-0.05, 0) is 60.9 Å². The van der Waals surface area contributed by atoms with Crippen molar-refractivity contribution in [1.29, 1.82) is 5.26 Å². The van der Waals surface area contributed by atoms with Crippen LogP contribution in [0.5, 0.6) is 11.5 Å². The Kier molecular flexibility index (Phi) is 3.64. The maximum atomic E-state index is 8.73. The lowest BCUT2D eigenvalue weighted by atomic mass is 10.1. The van der Waals surface area contributed by atoms with Crippen molar-refractivity contribution in [2.45, 2.75) is 20.3 Å². The summed E-state index contributed by atoms with van der Waals surface area (Å²) in [4.78, 5) is 0. The Morgan fingerprint density at radius 3 is 2.33 bits per heavy atom. The van der Waals surface area contributed by atoms with Gasteiger partial charge in [-0.2, -0.15) is 5.26 Å². The lowest BCUT2D eigenvalue weighted by Gasteiger charge is -2.09. The van der Waals surface area contributed by atoms with Gasteiger partial charge in [-0.1, -0.05) is 13.0 Å². The van der Waals surface area contributed by atoms with E-state index in [1.807, 2.05) is 18.2 Å². The van der Waals surface area contributed by atoms with Crippen LogP contribution in [0.1, 0.15) is 23.6 Å². The van der Waals surface area contributed by atoms with Gasteiger partial charge in [0.2, 0.25) is 0 Å². The van der Waals surface area contributed by atoms with Crippen LogP contribution in [0.3, 0.4) is 0 Å². The quantitative estimate of drug-likeness (QED) is 0.800. The molecule has 0 saturated heterocycles. The molecule has 0 atom stereocenters. The number of aryl methyl sites for hydroxylation is 2. The minimum atomic E-state index is 0.639. The second-order valence-corrected chi connectivity index (χ2v) is 4.18. The molecule has 0 heterocycles. The molecule has 2 rings (SSSR count). The molecule has 2 nitrogen and oxygen atoms in total. The molecule has 0 bridgehead atoms. The highest BCUT2D eigenvalue weighted by atomic mass is 16.5. The van der Waals surface area contributed by atoms with E-state index in [4.69, 9.17) is 10.00 Å². The number of nitriles is 1. The van der Waals surface area contributed by atoms with Crippen molar-refractivity contribution >= 4 is 0 Å². The SMILES string of the molecule is CCc1cc(Oc2ccc(C#N)cc2)ccc1C. The molecule has 0 saturated carbocycles. The van der Waals surface area contributed by atoms with Gasteiger partial charge in [0.15, 0.2) is 0 Å². The molecule has 2 aromatic carbocycles. The third kappa shape index (κ3) is 2.70. The first-order chi connectivity index (χ1) is 8.72. The Morgan fingerprint density at radius 2 is 1.72 bits per heavy atom. The number of ether oxygens (including phenoxy) is 1. The molecule has 0 spiro atoms. The van der Waals surface area contributed by atoms with Crippen molar-refractivity contribution in [2.24, 2.45) is 0 Å². The molecule has 18 heavy (non-hydrogen) atoms. The van der Waals surface area contributed by atoms with Crippen LogP contribution in [0, 0.1) is 18.3 Å². The zero-order valence-corrected chi connectivity index (χ0v) is 10.6. The normalized spacial score (nSPS) is 9.83. The van der Waals surface area contributed by atoms with E-state index in [9.17, 15) is 0 Å². The second kappa shape index (κ2) is 5.37. The molecule has 0 N–H and O–H groups in total. The van der Waals surface area contributed by atoms with Gasteiger partial charge in [-0.15, -0.1) is 0 Å². The van der Waals surface area contributed by atoms with Crippen molar-refractivity contribution in [3.05, 3.63) is 59.2 Å². The van der Waals surface area contributed by atoms with Gasteiger partial charge < -0.3 is 4.74 Å². The lowest BCUT2D eigenvalue weighted by molar-refractivity contribution is 0.482. The minimum Gasteiger partial charge on any atom is -0.457 e. The Balaban J connectivity index is 2.20. The van der Waals surface area contributed by atoms with Crippen molar-refractivity contribution < 1.29 is 4.74 Å². The number of hydrogen-bond donors (Lipinski definition) is 0. The van der Waals surface area contributed by atoms with E-state index in [0.29, 0.717) is 5.56 Å². The summed E-state index contributed by atoms with van der Waals surface area (Å²) < 4.78 is 5.77. The zero-order chi connectivity index (χ0) is 13.0. The molecule has 0 unspecified atom stereocenters. The fourth-order valence-corrected chi connectivity index (χ4v) is 1.83. The third-order valence-corrected chi connectivity index (χ3v) is 2.92. The van der Waals surface area contributed by atoms with Crippen LogP contribution >= 0.6 is 0 Å². The molecular weight excluding hydrogens is 222 g/mol. The monoisotopic (exact) mass is 237 g/mol. The fourth-order valence-electron chi connectivity index (χ4n) is 1.83. The summed E-state index contributed by atoms with van der Waals surface area (Å²) in [6.45, 7) is 4.23. The first-order valence-electron chi connectivity index (χ1n) is 6.00. The topological polar surface area (TPSA) is 33.0 Å². The Hall–Kier alpha value is -2.27. The Morgan fingerprint density at radius 1 is 1.06 bits per heavy atom. The van der Waals surface area contributed by atoms with E-state index in [1.165, 1.54) is 11.1 Å². The zero-order valence-electron chi connectivity index (χ0n) is 10.6. The number of nitrogens with zero attached hydrogens (tertiary/aromatic N) is 1. The average Bonchev–Trinajstić information content (AvgIpc) is 2.42. The van der Waals surface area contributed by atoms with Gasteiger partial charge >= 0.3 is 0 Å². The van der Waals surface area contributed by atoms with Gasteiger partial charge in [0.25, 0.3) is 0 Å². The maximum absolute atomic E-state index is 8.73. The van der Waals surface area contributed by atoms with E-state index in [-0.39, 0.29) is 0 Å². The molecule has 0 aliphatic heterocycles. The van der Waals surface area contributed by atoms with E-state index < -0.39 is 0 Å². The smallest absolute Gasteiger partial charge is 0.127 e. The van der Waals surface area contributed by atoms with Crippen LogP contribution in [-0.4, -0.2) is 0 Å². The molecule has 2 heteroatoms. The van der Waals surface area contributed by atoms with Gasteiger partial charge in [0, 0.05) is 0 Å². The van der Waals surface area contributed by atoms with Crippen molar-refractivity contribution in [1.82, 2.24) is 0 Å². The summed E-state index contributed by atoms with van der Waals surface area (Å²) in [5.74, 6) is 1.59. The molecule has 0 fully saturated rings. The van der Waals surface area contributed by atoms with Crippen molar-refractivity contribution in [3.63, 3.8) is 0 Å². The predicted molar refractivity (Wildman–Crippen MR) is 71.8 cm³/mol. The molecule has 2 aromatic rings. The predicted octanol–water partition coefficient (Wildman–Crippen LogP) is 4.22. The van der Waals surface area contributed by atoms with Crippen LogP contribution in [0.15, 0.2) is 42.5 Å². The minimum absolute atomic E-state index is 0.639. The fraction of sp³-hybridized carbons (Fsp3) is 0.188. The molecule has 0 aromatic heterocycles. The second-order valence-electron chi connectivity index (χ2n) is 4.18. The third-order valence-electron chi connectivity index (χ3n) is 2.92. The van der Waals surface area contributed by atoms with Crippen LogP contribution in [0.2, 0.25) is 0 Å². The highest BCUT2D eigenvalue weighted by Gasteiger charge is 2.01. The summed E-state index contributed by atoms with van der Waals surface area (Å²) in [7, 11) is 0. The molecule has 0 aliphatic rings. The van der Waals surface area contributed by atoms with Gasteiger partial charge in [0.1, 0.15) is 11.5 Å². The molecule has 0 aliphatic carbocycles. The maximum Gasteiger partial charge on any atom is 0.127 e. The summed E-state index contributed by atoms with van der Waals surface area (Å²) in [6.07, 6.45) is 0.996. The van der Waals surface area contributed by atoms with Crippen LogP contribution in [-0.2, 0) is 6.42 Å². The summed E-state index contributed by atoms with van der Waals surface area (Å²) in [5.41, 5.74) is 3.21. The van der Waals surface area contributed by atoms with Crippen molar-refractivity contribution in [2.75, 3.05) is 0 Å². The highest BCUT2D eigenvalue weighted by Crippen LogP contribution is 2.24. The molecule has 90 valence electrons. The van der Waals surface area contributed by atoms with Crippen LogP contribution < -0.4 is 4.74 Å². The molecule has 0 radical (unpaired) electrons. The summed E-state index contributed by atoms with van der Waals surface area (Å²) in [5, 5.41) is 8.73. The molecule has 0 amide bonds. The van der Waals surface area contributed by atoms with Gasteiger partial charge in [-0.25, -0.2) is 0 Å². The highest BCUT2D eigenvalue weighted by molar-refractivity contribution is 5.40. The standard InChI is InChI=1S/C16H15NO/c1-3-14-10-16(7-4-12(14)2)18-15-8-5-13(11-17)6-9-15/h4-10H,3H2,1-2H3. The molecular formula is C16H15NO. The van der Waals surface area contributed by atoms with Crippen molar-refractivity contribution in [3.8, 4) is 17.6 Å².